The van der Waals surface area contributed by atoms with Crippen LogP contribution < -0.4 is 10.2 Å². The molecule has 0 atom stereocenters. The lowest BCUT2D eigenvalue weighted by Gasteiger charge is -2.23. The number of nitrogens with zero attached hydrogens (tertiary/aromatic N) is 5. The SMILES string of the molecule is CCN(c1ccccc1C)c1nccn2c(NC)nnc12. The molecule has 6 nitrogen and oxygen atoms in total. The van der Waals surface area contributed by atoms with Crippen molar-refractivity contribution >= 4 is 23.1 Å². The lowest BCUT2D eigenvalue weighted by atomic mass is 10.2. The smallest absolute Gasteiger partial charge is 0.228 e. The van der Waals surface area contributed by atoms with Gasteiger partial charge in [0.2, 0.25) is 11.6 Å². The highest BCUT2D eigenvalue weighted by Crippen LogP contribution is 2.29. The van der Waals surface area contributed by atoms with Crippen molar-refractivity contribution in [3.8, 4) is 0 Å². The summed E-state index contributed by atoms with van der Waals surface area (Å²) in [4.78, 5) is 6.67. The topological polar surface area (TPSA) is 58.4 Å². The van der Waals surface area contributed by atoms with E-state index in [9.17, 15) is 0 Å². The van der Waals surface area contributed by atoms with Crippen LogP contribution >= 0.6 is 0 Å². The fourth-order valence-corrected chi connectivity index (χ4v) is 2.47. The van der Waals surface area contributed by atoms with Crippen LogP contribution in [0.25, 0.3) is 5.65 Å². The molecule has 21 heavy (non-hydrogen) atoms. The van der Waals surface area contributed by atoms with Gasteiger partial charge in [0.05, 0.1) is 0 Å². The van der Waals surface area contributed by atoms with Gasteiger partial charge in [-0.25, -0.2) is 4.98 Å². The third-order valence-electron chi connectivity index (χ3n) is 3.51. The molecule has 1 aromatic carbocycles. The number of hydrogen-bond acceptors (Lipinski definition) is 5. The normalized spacial score (nSPS) is 10.8. The Labute approximate surface area is 123 Å². The zero-order valence-electron chi connectivity index (χ0n) is 12.4. The molecule has 0 saturated heterocycles. The molecule has 0 aliphatic heterocycles. The lowest BCUT2D eigenvalue weighted by molar-refractivity contribution is 0.968. The summed E-state index contributed by atoms with van der Waals surface area (Å²) in [5.41, 5.74) is 3.08. The summed E-state index contributed by atoms with van der Waals surface area (Å²) in [6, 6.07) is 8.27. The van der Waals surface area contributed by atoms with Gasteiger partial charge in [-0.15, -0.1) is 10.2 Å². The third-order valence-corrected chi connectivity index (χ3v) is 3.51. The molecular weight excluding hydrogens is 264 g/mol. The highest BCUT2D eigenvalue weighted by atomic mass is 15.3. The molecule has 0 fully saturated rings. The Kier molecular flexibility index (Phi) is 3.43. The summed E-state index contributed by atoms with van der Waals surface area (Å²) in [6.45, 7) is 5.01. The molecular formula is C15H18N6. The number of aromatic nitrogens is 4. The summed E-state index contributed by atoms with van der Waals surface area (Å²) in [5.74, 6) is 1.51. The molecule has 0 bridgehead atoms. The van der Waals surface area contributed by atoms with Crippen molar-refractivity contribution in [3.05, 3.63) is 42.2 Å². The Balaban J connectivity index is 2.18. The zero-order valence-corrected chi connectivity index (χ0v) is 12.4. The summed E-state index contributed by atoms with van der Waals surface area (Å²) in [6.07, 6.45) is 3.63. The standard InChI is InChI=1S/C15H18N6/c1-4-20(12-8-6-5-7-11(12)2)13-14-18-19-15(16-3)21(14)10-9-17-13/h5-10H,4H2,1-3H3,(H,16,19). The van der Waals surface area contributed by atoms with Gasteiger partial charge in [-0.3, -0.25) is 4.40 Å². The number of para-hydroxylation sites is 1. The summed E-state index contributed by atoms with van der Waals surface area (Å²) >= 11 is 0. The molecule has 0 unspecified atom stereocenters. The van der Waals surface area contributed by atoms with E-state index in [1.165, 1.54) is 5.56 Å². The number of aryl methyl sites for hydroxylation is 1. The average Bonchev–Trinajstić information content (AvgIpc) is 2.93. The fraction of sp³-hybridized carbons (Fsp3) is 0.267. The maximum atomic E-state index is 4.52. The summed E-state index contributed by atoms with van der Waals surface area (Å²) in [7, 11) is 1.83. The van der Waals surface area contributed by atoms with Gasteiger partial charge in [0.1, 0.15) is 0 Å². The molecule has 6 heteroatoms. The summed E-state index contributed by atoms with van der Waals surface area (Å²) in [5, 5.41) is 11.4. The molecule has 0 aliphatic carbocycles. The second-order valence-electron chi connectivity index (χ2n) is 4.75. The van der Waals surface area contributed by atoms with E-state index in [0.29, 0.717) is 5.95 Å². The second-order valence-corrected chi connectivity index (χ2v) is 4.75. The van der Waals surface area contributed by atoms with E-state index < -0.39 is 0 Å². The summed E-state index contributed by atoms with van der Waals surface area (Å²) < 4.78 is 1.91. The Hall–Kier alpha value is -2.63. The van der Waals surface area contributed by atoms with Gasteiger partial charge < -0.3 is 10.2 Å². The number of benzene rings is 1. The number of anilines is 3. The third kappa shape index (κ3) is 2.18. The van der Waals surface area contributed by atoms with Crippen LogP contribution in [0.1, 0.15) is 12.5 Å². The van der Waals surface area contributed by atoms with E-state index in [0.717, 1.165) is 23.7 Å². The monoisotopic (exact) mass is 282 g/mol. The minimum atomic E-state index is 0.703. The molecule has 2 aromatic heterocycles. The molecule has 108 valence electrons. The van der Waals surface area contributed by atoms with Crippen molar-refractivity contribution in [1.29, 1.82) is 0 Å². The van der Waals surface area contributed by atoms with E-state index in [2.05, 4.69) is 51.4 Å². The first-order valence-corrected chi connectivity index (χ1v) is 6.97. The Morgan fingerprint density at radius 3 is 2.76 bits per heavy atom. The first-order chi connectivity index (χ1) is 10.3. The molecule has 0 spiro atoms. The Morgan fingerprint density at radius 1 is 1.24 bits per heavy atom. The van der Waals surface area contributed by atoms with Crippen LogP contribution in [0.3, 0.4) is 0 Å². The van der Waals surface area contributed by atoms with Gasteiger partial charge in [-0.2, -0.15) is 0 Å². The van der Waals surface area contributed by atoms with E-state index >= 15 is 0 Å². The number of rotatable bonds is 4. The minimum Gasteiger partial charge on any atom is -0.357 e. The number of hydrogen-bond donors (Lipinski definition) is 1. The van der Waals surface area contributed by atoms with Crippen molar-refractivity contribution in [2.45, 2.75) is 13.8 Å². The minimum absolute atomic E-state index is 0.703. The van der Waals surface area contributed by atoms with Crippen LogP contribution in [0.5, 0.6) is 0 Å². The first-order valence-electron chi connectivity index (χ1n) is 6.97. The Bertz CT molecular complexity index is 764. The maximum Gasteiger partial charge on any atom is 0.228 e. The van der Waals surface area contributed by atoms with E-state index in [-0.39, 0.29) is 0 Å². The quantitative estimate of drug-likeness (QED) is 0.797. The van der Waals surface area contributed by atoms with Crippen molar-refractivity contribution in [3.63, 3.8) is 0 Å². The zero-order chi connectivity index (χ0) is 14.8. The van der Waals surface area contributed by atoms with Crippen LogP contribution in [0.2, 0.25) is 0 Å². The maximum absolute atomic E-state index is 4.52. The van der Waals surface area contributed by atoms with Crippen molar-refractivity contribution in [2.24, 2.45) is 0 Å². The largest absolute Gasteiger partial charge is 0.357 e. The van der Waals surface area contributed by atoms with E-state index in [1.54, 1.807) is 6.20 Å². The second kappa shape index (κ2) is 5.40. The van der Waals surface area contributed by atoms with Crippen molar-refractivity contribution in [2.75, 3.05) is 23.8 Å². The van der Waals surface area contributed by atoms with Gasteiger partial charge in [-0.1, -0.05) is 18.2 Å². The molecule has 0 saturated carbocycles. The molecule has 3 rings (SSSR count). The molecule has 0 radical (unpaired) electrons. The van der Waals surface area contributed by atoms with Crippen LogP contribution in [-0.4, -0.2) is 33.2 Å². The predicted molar refractivity (Wildman–Crippen MR) is 84.2 cm³/mol. The first kappa shape index (κ1) is 13.4. The van der Waals surface area contributed by atoms with Crippen LogP contribution in [0, 0.1) is 6.92 Å². The van der Waals surface area contributed by atoms with Gasteiger partial charge in [-0.05, 0) is 25.5 Å². The highest BCUT2D eigenvalue weighted by molar-refractivity contribution is 5.74. The van der Waals surface area contributed by atoms with Crippen LogP contribution in [0.15, 0.2) is 36.7 Å². The van der Waals surface area contributed by atoms with Crippen molar-refractivity contribution < 1.29 is 0 Å². The predicted octanol–water partition coefficient (Wildman–Crippen LogP) is 2.63. The highest BCUT2D eigenvalue weighted by Gasteiger charge is 2.17. The number of fused-ring (bicyclic) bond motifs is 1. The van der Waals surface area contributed by atoms with Crippen LogP contribution in [0.4, 0.5) is 17.5 Å². The van der Waals surface area contributed by atoms with Gasteiger partial charge in [0, 0.05) is 31.7 Å². The van der Waals surface area contributed by atoms with Gasteiger partial charge >= 0.3 is 0 Å². The number of nitrogens with one attached hydrogen (secondary N) is 1. The van der Waals surface area contributed by atoms with E-state index in [4.69, 9.17) is 0 Å². The van der Waals surface area contributed by atoms with Gasteiger partial charge in [0.15, 0.2) is 5.82 Å². The van der Waals surface area contributed by atoms with Crippen molar-refractivity contribution in [1.82, 2.24) is 19.6 Å². The average molecular weight is 282 g/mol. The van der Waals surface area contributed by atoms with Crippen LogP contribution in [-0.2, 0) is 0 Å². The van der Waals surface area contributed by atoms with Gasteiger partial charge in [0.25, 0.3) is 0 Å². The lowest BCUT2D eigenvalue weighted by Crippen LogP contribution is -2.19. The fourth-order valence-electron chi connectivity index (χ4n) is 2.47. The molecule has 3 aromatic rings. The molecule has 0 aliphatic rings. The van der Waals surface area contributed by atoms with E-state index in [1.807, 2.05) is 29.8 Å². The molecule has 2 heterocycles. The molecule has 0 amide bonds. The molecule has 1 N–H and O–H groups in total. The Morgan fingerprint density at radius 2 is 2.05 bits per heavy atom.